The molecule has 0 fully saturated rings. The first-order valence-electron chi connectivity index (χ1n) is 7.08. The maximum Gasteiger partial charge on any atom is 0.137 e. The van der Waals surface area contributed by atoms with E-state index in [0.29, 0.717) is 6.54 Å². The van der Waals surface area contributed by atoms with Gasteiger partial charge in [-0.25, -0.2) is 9.67 Å². The second kappa shape index (κ2) is 6.81. The monoisotopic (exact) mass is 329 g/mol. The smallest absolute Gasteiger partial charge is 0.137 e. The summed E-state index contributed by atoms with van der Waals surface area (Å²) in [6.07, 6.45) is 3.14. The molecule has 0 aliphatic carbocycles. The van der Waals surface area contributed by atoms with E-state index in [1.54, 1.807) is 11.0 Å². The zero-order chi connectivity index (χ0) is 16.4. The Kier molecular flexibility index (Phi) is 5.53. The first kappa shape index (κ1) is 18.7. The van der Waals surface area contributed by atoms with Crippen LogP contribution in [0.3, 0.4) is 0 Å². The molecule has 0 aliphatic rings. The lowest BCUT2D eigenvalue weighted by Gasteiger charge is -2.23. The first-order valence-corrected chi connectivity index (χ1v) is 7.08. The van der Waals surface area contributed by atoms with Crippen molar-refractivity contribution in [1.82, 2.24) is 14.8 Å². The van der Waals surface area contributed by atoms with E-state index < -0.39 is 10.8 Å². The van der Waals surface area contributed by atoms with E-state index in [1.165, 1.54) is 6.33 Å². The molecule has 1 heterocycles. The highest BCUT2D eigenvalue weighted by atomic mass is 35.5. The average molecular weight is 330 g/mol. The molecule has 120 valence electrons. The topological polar surface area (TPSA) is 78.3 Å². The molecule has 0 saturated heterocycles. The lowest BCUT2D eigenvalue weighted by atomic mass is 9.79. The molecular formula is C17H20ClN5. The summed E-state index contributed by atoms with van der Waals surface area (Å²) in [6.45, 7) is 8.08. The second-order valence-corrected chi connectivity index (χ2v) is 6.49. The van der Waals surface area contributed by atoms with Crippen LogP contribution in [0, 0.1) is 22.7 Å². The van der Waals surface area contributed by atoms with Gasteiger partial charge >= 0.3 is 0 Å². The summed E-state index contributed by atoms with van der Waals surface area (Å²) < 4.78 is 1.72. The van der Waals surface area contributed by atoms with E-state index in [2.05, 4.69) is 22.2 Å². The predicted molar refractivity (Wildman–Crippen MR) is 90.1 cm³/mol. The Balaban J connectivity index is 0.00000264. The van der Waals surface area contributed by atoms with E-state index in [9.17, 15) is 10.5 Å². The quantitative estimate of drug-likeness (QED) is 0.861. The predicted octanol–water partition coefficient (Wildman–Crippen LogP) is 3.35. The maximum atomic E-state index is 9.40. The molecule has 0 bridgehead atoms. The van der Waals surface area contributed by atoms with Crippen LogP contribution < -0.4 is 0 Å². The van der Waals surface area contributed by atoms with E-state index in [0.717, 1.165) is 16.7 Å². The van der Waals surface area contributed by atoms with Gasteiger partial charge in [-0.3, -0.25) is 0 Å². The average Bonchev–Trinajstić information content (AvgIpc) is 2.99. The van der Waals surface area contributed by atoms with Crippen LogP contribution in [-0.4, -0.2) is 14.8 Å². The third-order valence-electron chi connectivity index (χ3n) is 3.81. The lowest BCUT2D eigenvalue weighted by Crippen LogP contribution is -2.20. The Morgan fingerprint density at radius 1 is 1.00 bits per heavy atom. The summed E-state index contributed by atoms with van der Waals surface area (Å²) in [5.41, 5.74) is 1.60. The van der Waals surface area contributed by atoms with Crippen LogP contribution in [0.2, 0.25) is 0 Å². The Morgan fingerprint density at radius 2 is 1.52 bits per heavy atom. The van der Waals surface area contributed by atoms with Crippen molar-refractivity contribution in [3.63, 3.8) is 0 Å². The van der Waals surface area contributed by atoms with Crippen molar-refractivity contribution in [3.05, 3.63) is 47.5 Å². The third-order valence-corrected chi connectivity index (χ3v) is 3.81. The number of aromatic nitrogens is 3. The molecule has 1 aromatic heterocycles. The SMILES string of the molecule is CC(C)(C#N)c1cc(Cn2cncn2)cc(C(C)(C)C#N)c1.Cl. The van der Waals surface area contributed by atoms with Gasteiger partial charge in [0.25, 0.3) is 0 Å². The lowest BCUT2D eigenvalue weighted by molar-refractivity contribution is 0.646. The van der Waals surface area contributed by atoms with E-state index >= 15 is 0 Å². The van der Waals surface area contributed by atoms with Crippen LogP contribution in [0.25, 0.3) is 0 Å². The summed E-state index contributed by atoms with van der Waals surface area (Å²) in [5, 5.41) is 22.9. The molecule has 2 rings (SSSR count). The summed E-state index contributed by atoms with van der Waals surface area (Å²) in [6, 6.07) is 10.6. The van der Waals surface area contributed by atoms with Crippen LogP contribution in [0.5, 0.6) is 0 Å². The van der Waals surface area contributed by atoms with E-state index in [4.69, 9.17) is 0 Å². The van der Waals surface area contributed by atoms with Gasteiger partial charge in [0.15, 0.2) is 0 Å². The molecule has 0 spiro atoms. The number of rotatable bonds is 4. The normalized spacial score (nSPS) is 11.2. The fourth-order valence-electron chi connectivity index (χ4n) is 2.14. The van der Waals surface area contributed by atoms with Gasteiger partial charge < -0.3 is 0 Å². The van der Waals surface area contributed by atoms with Gasteiger partial charge in [-0.2, -0.15) is 15.6 Å². The summed E-state index contributed by atoms with van der Waals surface area (Å²) >= 11 is 0. The summed E-state index contributed by atoms with van der Waals surface area (Å²) in [5.74, 6) is 0. The fraction of sp³-hybridized carbons (Fsp3) is 0.412. The number of nitrogens with zero attached hydrogens (tertiary/aromatic N) is 5. The minimum absolute atomic E-state index is 0. The van der Waals surface area contributed by atoms with Crippen LogP contribution in [-0.2, 0) is 17.4 Å². The highest BCUT2D eigenvalue weighted by Crippen LogP contribution is 2.30. The van der Waals surface area contributed by atoms with Gasteiger partial charge in [0.1, 0.15) is 12.7 Å². The molecule has 6 heteroatoms. The Morgan fingerprint density at radius 3 is 1.91 bits per heavy atom. The standard InChI is InChI=1S/C17H19N5.ClH/c1-16(2,9-18)14-5-13(8-22-12-20-11-21-22)6-15(7-14)17(3,4)10-19;/h5-7,11-12H,8H2,1-4H3;1H. The molecular weight excluding hydrogens is 310 g/mol. The maximum absolute atomic E-state index is 9.40. The zero-order valence-electron chi connectivity index (χ0n) is 13.7. The Labute approximate surface area is 143 Å². The van der Waals surface area contributed by atoms with Gasteiger partial charge in [0.2, 0.25) is 0 Å². The highest BCUT2D eigenvalue weighted by Gasteiger charge is 2.26. The molecule has 0 atom stereocenters. The minimum Gasteiger partial charge on any atom is -0.249 e. The van der Waals surface area contributed by atoms with Crippen LogP contribution in [0.1, 0.15) is 44.4 Å². The van der Waals surface area contributed by atoms with Crippen molar-refractivity contribution in [2.75, 3.05) is 0 Å². The number of hydrogen-bond acceptors (Lipinski definition) is 4. The second-order valence-electron chi connectivity index (χ2n) is 6.49. The van der Waals surface area contributed by atoms with Crippen molar-refractivity contribution in [3.8, 4) is 12.1 Å². The molecule has 0 aliphatic heterocycles. The number of benzene rings is 1. The molecule has 0 N–H and O–H groups in total. The molecule has 0 saturated carbocycles. The number of halogens is 1. The minimum atomic E-state index is -0.612. The largest absolute Gasteiger partial charge is 0.249 e. The first-order chi connectivity index (χ1) is 10.3. The molecule has 23 heavy (non-hydrogen) atoms. The van der Waals surface area contributed by atoms with E-state index in [-0.39, 0.29) is 12.4 Å². The fourth-order valence-corrected chi connectivity index (χ4v) is 2.14. The Bertz CT molecular complexity index is 704. The van der Waals surface area contributed by atoms with Gasteiger partial charge in [-0.1, -0.05) is 18.2 Å². The molecule has 0 amide bonds. The molecule has 1 aromatic carbocycles. The van der Waals surface area contributed by atoms with Crippen LogP contribution in [0.4, 0.5) is 0 Å². The van der Waals surface area contributed by atoms with Crippen molar-refractivity contribution in [2.24, 2.45) is 0 Å². The zero-order valence-corrected chi connectivity index (χ0v) is 14.6. The van der Waals surface area contributed by atoms with Gasteiger partial charge in [-0.05, 0) is 44.4 Å². The van der Waals surface area contributed by atoms with Crippen molar-refractivity contribution in [2.45, 2.75) is 45.1 Å². The molecule has 5 nitrogen and oxygen atoms in total. The number of hydrogen-bond donors (Lipinski definition) is 0. The van der Waals surface area contributed by atoms with Crippen LogP contribution >= 0.6 is 12.4 Å². The number of nitriles is 2. The molecule has 2 aromatic rings. The summed E-state index contributed by atoms with van der Waals surface area (Å²) in [4.78, 5) is 3.94. The molecule has 0 radical (unpaired) electrons. The van der Waals surface area contributed by atoms with Crippen LogP contribution in [0.15, 0.2) is 30.9 Å². The Hall–Kier alpha value is -2.37. The summed E-state index contributed by atoms with van der Waals surface area (Å²) in [7, 11) is 0. The van der Waals surface area contributed by atoms with Gasteiger partial charge in [-0.15, -0.1) is 12.4 Å². The highest BCUT2D eigenvalue weighted by molar-refractivity contribution is 5.85. The van der Waals surface area contributed by atoms with Crippen molar-refractivity contribution in [1.29, 1.82) is 10.5 Å². The third kappa shape index (κ3) is 4.09. The van der Waals surface area contributed by atoms with Crippen molar-refractivity contribution >= 4 is 12.4 Å². The van der Waals surface area contributed by atoms with E-state index in [1.807, 2.05) is 45.9 Å². The van der Waals surface area contributed by atoms with Gasteiger partial charge in [0, 0.05) is 0 Å². The van der Waals surface area contributed by atoms with Crippen molar-refractivity contribution < 1.29 is 0 Å². The van der Waals surface area contributed by atoms with Gasteiger partial charge in [0.05, 0.1) is 29.5 Å². The molecule has 0 unspecified atom stereocenters.